The van der Waals surface area contributed by atoms with Crippen molar-refractivity contribution >= 4 is 0 Å². The van der Waals surface area contributed by atoms with Crippen molar-refractivity contribution < 1.29 is 4.74 Å². The van der Waals surface area contributed by atoms with Crippen molar-refractivity contribution in [3.63, 3.8) is 0 Å². The highest BCUT2D eigenvalue weighted by Crippen LogP contribution is 2.13. The van der Waals surface area contributed by atoms with Gasteiger partial charge < -0.3 is 15.0 Å². The summed E-state index contributed by atoms with van der Waals surface area (Å²) in [5.41, 5.74) is 0. The molecule has 0 spiro atoms. The highest BCUT2D eigenvalue weighted by Gasteiger charge is 2.14. The first-order valence-electron chi connectivity index (χ1n) is 6.19. The van der Waals surface area contributed by atoms with Crippen LogP contribution in [0.1, 0.15) is 26.2 Å². The van der Waals surface area contributed by atoms with Crippen LogP contribution in [-0.2, 0) is 4.74 Å². The Kier molecular flexibility index (Phi) is 6.22. The van der Waals surface area contributed by atoms with E-state index in [1.807, 2.05) is 0 Å². The fraction of sp³-hybridized carbons (Fsp3) is 1.00. The van der Waals surface area contributed by atoms with Gasteiger partial charge in [-0.1, -0.05) is 6.92 Å². The summed E-state index contributed by atoms with van der Waals surface area (Å²) in [5.74, 6) is 0.832. The Morgan fingerprint density at radius 3 is 2.53 bits per heavy atom. The molecule has 3 nitrogen and oxygen atoms in total. The van der Waals surface area contributed by atoms with E-state index in [9.17, 15) is 0 Å². The predicted molar refractivity (Wildman–Crippen MR) is 64.2 cm³/mol. The Hall–Kier alpha value is -0.120. The first-order chi connectivity index (χ1) is 7.24. The van der Waals surface area contributed by atoms with E-state index in [0.717, 1.165) is 32.2 Å². The summed E-state index contributed by atoms with van der Waals surface area (Å²) in [6.07, 6.45) is 3.67. The lowest BCUT2D eigenvalue weighted by Crippen LogP contribution is -2.39. The zero-order valence-electron chi connectivity index (χ0n) is 10.5. The maximum atomic E-state index is 5.35. The molecule has 15 heavy (non-hydrogen) atoms. The van der Waals surface area contributed by atoms with Gasteiger partial charge in [-0.15, -0.1) is 0 Å². The van der Waals surface area contributed by atoms with Crippen molar-refractivity contribution in [2.45, 2.75) is 32.2 Å². The molecule has 3 heteroatoms. The minimum Gasteiger partial charge on any atom is -0.381 e. The van der Waals surface area contributed by atoms with Crippen LogP contribution >= 0.6 is 0 Å². The third kappa shape index (κ3) is 4.96. The molecule has 0 aromatic heterocycles. The standard InChI is InChI=1S/C12H26N2O/c1-4-12(14(2)3)10-13-9-11-5-7-15-8-6-11/h11-13H,4-10H2,1-3H3. The Morgan fingerprint density at radius 2 is 2.00 bits per heavy atom. The largest absolute Gasteiger partial charge is 0.381 e. The normalized spacial score (nSPS) is 20.8. The molecule has 0 aliphatic carbocycles. The predicted octanol–water partition coefficient (Wildman–Crippen LogP) is 1.34. The summed E-state index contributed by atoms with van der Waals surface area (Å²) in [5, 5.41) is 3.59. The van der Waals surface area contributed by atoms with E-state index in [2.05, 4.69) is 31.2 Å². The third-order valence-corrected chi connectivity index (χ3v) is 3.36. The minimum absolute atomic E-state index is 0.671. The van der Waals surface area contributed by atoms with Crippen molar-refractivity contribution in [1.29, 1.82) is 0 Å². The molecule has 0 saturated carbocycles. The van der Waals surface area contributed by atoms with E-state index < -0.39 is 0 Å². The molecule has 1 aliphatic heterocycles. The number of hydrogen-bond acceptors (Lipinski definition) is 3. The van der Waals surface area contributed by atoms with Gasteiger partial charge in [0, 0.05) is 25.8 Å². The van der Waals surface area contributed by atoms with Crippen LogP contribution in [0.25, 0.3) is 0 Å². The summed E-state index contributed by atoms with van der Waals surface area (Å²) in [6.45, 7) is 6.43. The summed E-state index contributed by atoms with van der Waals surface area (Å²) < 4.78 is 5.35. The monoisotopic (exact) mass is 214 g/mol. The third-order valence-electron chi connectivity index (χ3n) is 3.36. The first-order valence-corrected chi connectivity index (χ1v) is 6.19. The van der Waals surface area contributed by atoms with Crippen molar-refractivity contribution in [1.82, 2.24) is 10.2 Å². The average molecular weight is 214 g/mol. The molecule has 1 heterocycles. The van der Waals surface area contributed by atoms with Gasteiger partial charge >= 0.3 is 0 Å². The van der Waals surface area contributed by atoms with E-state index in [0.29, 0.717) is 6.04 Å². The fourth-order valence-corrected chi connectivity index (χ4v) is 2.10. The van der Waals surface area contributed by atoms with Gasteiger partial charge in [0.05, 0.1) is 0 Å². The van der Waals surface area contributed by atoms with Gasteiger partial charge in [0.15, 0.2) is 0 Å². The van der Waals surface area contributed by atoms with E-state index in [-0.39, 0.29) is 0 Å². The van der Waals surface area contributed by atoms with E-state index in [4.69, 9.17) is 4.74 Å². The fourth-order valence-electron chi connectivity index (χ4n) is 2.10. The number of nitrogens with one attached hydrogen (secondary N) is 1. The van der Waals surface area contributed by atoms with E-state index >= 15 is 0 Å². The van der Waals surface area contributed by atoms with Gasteiger partial charge in [-0.05, 0) is 45.8 Å². The molecule has 1 unspecified atom stereocenters. The SMILES string of the molecule is CCC(CNCC1CCOCC1)N(C)C. The smallest absolute Gasteiger partial charge is 0.0469 e. The van der Waals surface area contributed by atoms with Gasteiger partial charge in [0.2, 0.25) is 0 Å². The second-order valence-corrected chi connectivity index (χ2v) is 4.74. The molecule has 0 amide bonds. The Morgan fingerprint density at radius 1 is 1.33 bits per heavy atom. The van der Waals surface area contributed by atoms with Crippen LogP contribution in [0.3, 0.4) is 0 Å². The molecule has 90 valence electrons. The van der Waals surface area contributed by atoms with Crippen molar-refractivity contribution in [3.8, 4) is 0 Å². The van der Waals surface area contributed by atoms with Crippen LogP contribution in [0.15, 0.2) is 0 Å². The highest BCUT2D eigenvalue weighted by molar-refractivity contribution is 4.71. The van der Waals surface area contributed by atoms with Gasteiger partial charge in [-0.2, -0.15) is 0 Å². The Bertz CT molecular complexity index is 156. The lowest BCUT2D eigenvalue weighted by atomic mass is 10.0. The Balaban J connectivity index is 2.08. The maximum Gasteiger partial charge on any atom is 0.0469 e. The van der Waals surface area contributed by atoms with Crippen molar-refractivity contribution in [2.75, 3.05) is 40.4 Å². The molecular formula is C12H26N2O. The van der Waals surface area contributed by atoms with Crippen LogP contribution in [0, 0.1) is 5.92 Å². The zero-order valence-corrected chi connectivity index (χ0v) is 10.5. The van der Waals surface area contributed by atoms with Crippen molar-refractivity contribution in [3.05, 3.63) is 0 Å². The van der Waals surface area contributed by atoms with Crippen LogP contribution in [0.5, 0.6) is 0 Å². The zero-order chi connectivity index (χ0) is 11.1. The molecule has 0 bridgehead atoms. The number of likely N-dealkylation sites (N-methyl/N-ethyl adjacent to an activating group) is 1. The molecule has 1 saturated heterocycles. The van der Waals surface area contributed by atoms with Crippen LogP contribution in [0.2, 0.25) is 0 Å². The first kappa shape index (κ1) is 12.9. The number of hydrogen-bond donors (Lipinski definition) is 1. The molecule has 1 N–H and O–H groups in total. The topological polar surface area (TPSA) is 24.5 Å². The molecule has 1 atom stereocenters. The summed E-state index contributed by atoms with van der Waals surface area (Å²) in [4.78, 5) is 2.30. The molecule has 0 aromatic rings. The average Bonchev–Trinajstić information content (AvgIpc) is 2.25. The molecule has 1 fully saturated rings. The van der Waals surface area contributed by atoms with Crippen LogP contribution in [-0.4, -0.2) is 51.3 Å². The molecular weight excluding hydrogens is 188 g/mol. The number of ether oxygens (including phenoxy) is 1. The summed E-state index contributed by atoms with van der Waals surface area (Å²) >= 11 is 0. The van der Waals surface area contributed by atoms with Gasteiger partial charge in [0.1, 0.15) is 0 Å². The second-order valence-electron chi connectivity index (χ2n) is 4.74. The summed E-state index contributed by atoms with van der Waals surface area (Å²) in [7, 11) is 4.31. The molecule has 0 radical (unpaired) electrons. The van der Waals surface area contributed by atoms with Gasteiger partial charge in [0.25, 0.3) is 0 Å². The van der Waals surface area contributed by atoms with Gasteiger partial charge in [-0.3, -0.25) is 0 Å². The van der Waals surface area contributed by atoms with E-state index in [1.54, 1.807) is 0 Å². The quantitative estimate of drug-likeness (QED) is 0.722. The van der Waals surface area contributed by atoms with Crippen LogP contribution < -0.4 is 5.32 Å². The lowest BCUT2D eigenvalue weighted by molar-refractivity contribution is 0.0658. The Labute approximate surface area is 94.2 Å². The highest BCUT2D eigenvalue weighted by atomic mass is 16.5. The molecule has 0 aromatic carbocycles. The van der Waals surface area contributed by atoms with E-state index in [1.165, 1.54) is 19.3 Å². The number of nitrogens with zero attached hydrogens (tertiary/aromatic N) is 1. The number of rotatable bonds is 6. The molecule has 1 aliphatic rings. The van der Waals surface area contributed by atoms with Crippen molar-refractivity contribution in [2.24, 2.45) is 5.92 Å². The molecule has 1 rings (SSSR count). The second kappa shape index (κ2) is 7.20. The minimum atomic E-state index is 0.671. The lowest BCUT2D eigenvalue weighted by Gasteiger charge is -2.26. The van der Waals surface area contributed by atoms with Crippen LogP contribution in [0.4, 0.5) is 0 Å². The summed E-state index contributed by atoms with van der Waals surface area (Å²) in [6, 6.07) is 0.671. The van der Waals surface area contributed by atoms with Gasteiger partial charge in [-0.25, -0.2) is 0 Å². The maximum absolute atomic E-state index is 5.35.